The summed E-state index contributed by atoms with van der Waals surface area (Å²) in [5, 5.41) is 2.63. The van der Waals surface area contributed by atoms with Crippen LogP contribution >= 0.6 is 11.6 Å². The third-order valence-electron chi connectivity index (χ3n) is 5.30. The zero-order chi connectivity index (χ0) is 23.5. The van der Waals surface area contributed by atoms with Gasteiger partial charge < -0.3 is 4.74 Å². The van der Waals surface area contributed by atoms with Crippen LogP contribution in [0.1, 0.15) is 22.3 Å². The molecule has 1 N–H and O–H groups in total. The normalized spacial score (nSPS) is 15.1. The number of halogens is 1. The number of hydrogen-bond donors (Lipinski definition) is 1. The number of amides is 4. The maximum Gasteiger partial charge on any atom is 0.335 e. The van der Waals surface area contributed by atoms with Gasteiger partial charge in [-0.3, -0.25) is 14.9 Å². The van der Waals surface area contributed by atoms with Crippen LogP contribution in [0.3, 0.4) is 0 Å². The van der Waals surface area contributed by atoms with Crippen molar-refractivity contribution in [2.75, 3.05) is 4.90 Å². The summed E-state index contributed by atoms with van der Waals surface area (Å²) in [4.78, 5) is 38.8. The topological polar surface area (TPSA) is 75.7 Å². The van der Waals surface area contributed by atoms with Crippen LogP contribution in [-0.4, -0.2) is 17.8 Å². The van der Waals surface area contributed by atoms with Gasteiger partial charge in [0.1, 0.15) is 17.9 Å². The van der Waals surface area contributed by atoms with Crippen molar-refractivity contribution >= 4 is 41.2 Å². The Kier molecular flexibility index (Phi) is 6.29. The number of aryl methyl sites for hydroxylation is 1. The fraction of sp³-hybridized carbons (Fsp3) is 0.115. The molecule has 6 nitrogen and oxygen atoms in total. The molecular weight excluding hydrogens is 440 g/mol. The second-order valence-electron chi connectivity index (χ2n) is 7.69. The van der Waals surface area contributed by atoms with Gasteiger partial charge in [-0.15, -0.1) is 0 Å². The molecule has 3 aromatic rings. The van der Waals surface area contributed by atoms with E-state index >= 15 is 0 Å². The first kappa shape index (κ1) is 22.3. The van der Waals surface area contributed by atoms with Gasteiger partial charge in [0.25, 0.3) is 11.8 Å². The van der Waals surface area contributed by atoms with Gasteiger partial charge in [0.2, 0.25) is 0 Å². The average Bonchev–Trinajstić information content (AvgIpc) is 2.80. The number of nitrogens with one attached hydrogen (secondary N) is 1. The lowest BCUT2D eigenvalue weighted by Gasteiger charge is -2.27. The SMILES string of the molecule is Cc1ccc(COc2ccc(/C=C3\C(=O)NC(=O)N(c4cccc(Cl)c4C)C3=O)cc2)cc1. The number of carbonyl (C=O) groups excluding carboxylic acids is 3. The van der Waals surface area contributed by atoms with E-state index in [4.69, 9.17) is 16.3 Å². The molecule has 0 unspecified atom stereocenters. The van der Waals surface area contributed by atoms with E-state index in [0.717, 1.165) is 10.5 Å². The Hall–Kier alpha value is -3.90. The van der Waals surface area contributed by atoms with E-state index in [1.165, 1.54) is 11.6 Å². The van der Waals surface area contributed by atoms with Gasteiger partial charge in [-0.25, -0.2) is 9.69 Å². The summed E-state index contributed by atoms with van der Waals surface area (Å²) in [6.45, 7) is 4.16. The molecule has 3 aromatic carbocycles. The Morgan fingerprint density at radius 1 is 0.939 bits per heavy atom. The molecule has 4 rings (SSSR count). The van der Waals surface area contributed by atoms with Crippen molar-refractivity contribution in [3.8, 4) is 5.75 Å². The fourth-order valence-corrected chi connectivity index (χ4v) is 3.56. The molecule has 0 atom stereocenters. The number of anilines is 1. The van der Waals surface area contributed by atoms with E-state index in [9.17, 15) is 14.4 Å². The van der Waals surface area contributed by atoms with Gasteiger partial charge in [-0.1, -0.05) is 59.6 Å². The maximum atomic E-state index is 13.1. The Balaban J connectivity index is 1.54. The minimum absolute atomic E-state index is 0.151. The second kappa shape index (κ2) is 9.30. The first-order chi connectivity index (χ1) is 15.8. The summed E-state index contributed by atoms with van der Waals surface area (Å²) in [5.41, 5.74) is 3.59. The minimum atomic E-state index is -0.813. The molecule has 0 saturated carbocycles. The summed E-state index contributed by atoms with van der Waals surface area (Å²) in [6, 6.07) is 19.2. The van der Waals surface area contributed by atoms with E-state index in [1.54, 1.807) is 49.4 Å². The molecule has 1 heterocycles. The zero-order valence-electron chi connectivity index (χ0n) is 18.1. The van der Waals surface area contributed by atoms with Crippen LogP contribution in [0.15, 0.2) is 72.3 Å². The monoisotopic (exact) mass is 460 g/mol. The lowest BCUT2D eigenvalue weighted by atomic mass is 10.1. The van der Waals surface area contributed by atoms with Crippen LogP contribution in [0.4, 0.5) is 10.5 Å². The predicted molar refractivity (Wildman–Crippen MR) is 127 cm³/mol. The van der Waals surface area contributed by atoms with Crippen molar-refractivity contribution in [2.24, 2.45) is 0 Å². The quantitative estimate of drug-likeness (QED) is 0.419. The molecule has 33 heavy (non-hydrogen) atoms. The smallest absolute Gasteiger partial charge is 0.335 e. The Bertz CT molecular complexity index is 1260. The summed E-state index contributed by atoms with van der Waals surface area (Å²) in [5.74, 6) is -0.807. The molecule has 1 aliphatic rings. The van der Waals surface area contributed by atoms with Crippen LogP contribution in [0.25, 0.3) is 6.08 Å². The summed E-state index contributed by atoms with van der Waals surface area (Å²) in [7, 11) is 0. The third-order valence-corrected chi connectivity index (χ3v) is 5.71. The molecule has 1 saturated heterocycles. The Morgan fingerprint density at radius 2 is 1.64 bits per heavy atom. The maximum absolute atomic E-state index is 13.1. The van der Waals surface area contributed by atoms with Gasteiger partial charge in [0.05, 0.1) is 5.69 Å². The number of carbonyl (C=O) groups is 3. The summed E-state index contributed by atoms with van der Waals surface area (Å²) in [6.07, 6.45) is 1.45. The molecule has 1 aliphatic heterocycles. The zero-order valence-corrected chi connectivity index (χ0v) is 18.8. The van der Waals surface area contributed by atoms with Gasteiger partial charge >= 0.3 is 6.03 Å². The molecule has 4 amide bonds. The highest BCUT2D eigenvalue weighted by Gasteiger charge is 2.37. The highest BCUT2D eigenvalue weighted by Crippen LogP contribution is 2.29. The van der Waals surface area contributed by atoms with Crippen LogP contribution < -0.4 is 15.0 Å². The first-order valence-electron chi connectivity index (χ1n) is 10.3. The number of nitrogens with zero attached hydrogens (tertiary/aromatic N) is 1. The fourth-order valence-electron chi connectivity index (χ4n) is 3.39. The van der Waals surface area contributed by atoms with Crippen molar-refractivity contribution < 1.29 is 19.1 Å². The van der Waals surface area contributed by atoms with E-state index in [-0.39, 0.29) is 5.57 Å². The van der Waals surface area contributed by atoms with Crippen LogP contribution in [-0.2, 0) is 16.2 Å². The van der Waals surface area contributed by atoms with E-state index in [0.29, 0.717) is 34.2 Å². The lowest BCUT2D eigenvalue weighted by Crippen LogP contribution is -2.54. The van der Waals surface area contributed by atoms with Crippen molar-refractivity contribution in [3.05, 3.63) is 99.6 Å². The Morgan fingerprint density at radius 3 is 2.33 bits per heavy atom. The van der Waals surface area contributed by atoms with E-state index in [2.05, 4.69) is 5.32 Å². The average molecular weight is 461 g/mol. The van der Waals surface area contributed by atoms with Gasteiger partial charge in [-0.2, -0.15) is 0 Å². The molecule has 0 spiro atoms. The first-order valence-corrected chi connectivity index (χ1v) is 10.7. The summed E-state index contributed by atoms with van der Waals surface area (Å²) < 4.78 is 5.80. The van der Waals surface area contributed by atoms with Gasteiger partial charge in [0.15, 0.2) is 0 Å². The highest BCUT2D eigenvalue weighted by atomic mass is 35.5. The lowest BCUT2D eigenvalue weighted by molar-refractivity contribution is -0.122. The van der Waals surface area contributed by atoms with Crippen molar-refractivity contribution in [1.29, 1.82) is 0 Å². The number of imide groups is 2. The van der Waals surface area contributed by atoms with Crippen molar-refractivity contribution in [1.82, 2.24) is 5.32 Å². The Labute approximate surface area is 196 Å². The minimum Gasteiger partial charge on any atom is -0.489 e. The molecule has 0 radical (unpaired) electrons. The van der Waals surface area contributed by atoms with Crippen LogP contribution in [0.5, 0.6) is 5.75 Å². The molecule has 7 heteroatoms. The second-order valence-corrected chi connectivity index (χ2v) is 8.09. The number of barbiturate groups is 1. The number of hydrogen-bond acceptors (Lipinski definition) is 4. The largest absolute Gasteiger partial charge is 0.489 e. The van der Waals surface area contributed by atoms with Crippen LogP contribution in [0, 0.1) is 13.8 Å². The number of ether oxygens (including phenoxy) is 1. The summed E-state index contributed by atoms with van der Waals surface area (Å²) >= 11 is 6.15. The number of urea groups is 1. The van der Waals surface area contributed by atoms with Crippen molar-refractivity contribution in [2.45, 2.75) is 20.5 Å². The molecule has 0 aromatic heterocycles. The van der Waals surface area contributed by atoms with E-state index < -0.39 is 17.8 Å². The third kappa shape index (κ3) is 4.81. The molecule has 166 valence electrons. The van der Waals surface area contributed by atoms with Crippen molar-refractivity contribution in [3.63, 3.8) is 0 Å². The standard InChI is InChI=1S/C26H21ClN2O4/c1-16-6-8-19(9-7-16)15-33-20-12-10-18(11-13-20)14-21-24(30)28-26(32)29(25(21)31)23-5-3-4-22(27)17(23)2/h3-14H,15H2,1-2H3,(H,28,30,32)/b21-14+. The van der Waals surface area contributed by atoms with E-state index in [1.807, 2.05) is 31.2 Å². The molecule has 1 fully saturated rings. The molecule has 0 aliphatic carbocycles. The predicted octanol–water partition coefficient (Wildman–Crippen LogP) is 5.20. The highest BCUT2D eigenvalue weighted by molar-refractivity contribution is 6.39. The van der Waals surface area contributed by atoms with Gasteiger partial charge in [-0.05, 0) is 60.9 Å². The number of benzene rings is 3. The van der Waals surface area contributed by atoms with Crippen LogP contribution in [0.2, 0.25) is 5.02 Å². The number of rotatable bonds is 5. The molecule has 0 bridgehead atoms. The van der Waals surface area contributed by atoms with Gasteiger partial charge in [0, 0.05) is 5.02 Å². The molecular formula is C26H21ClN2O4.